The van der Waals surface area contributed by atoms with Crippen LogP contribution in [0.1, 0.15) is 24.1 Å². The molecule has 2 aromatic carbocycles. The van der Waals surface area contributed by atoms with Crippen LogP contribution in [0.15, 0.2) is 54.6 Å². The Morgan fingerprint density at radius 2 is 1.72 bits per heavy atom. The number of likely N-dealkylation sites (N-methyl/N-ethyl adjacent to an activating group) is 1. The second-order valence-corrected chi connectivity index (χ2v) is 6.05. The van der Waals surface area contributed by atoms with Gasteiger partial charge in [-0.05, 0) is 23.6 Å². The van der Waals surface area contributed by atoms with Crippen LogP contribution in [0.2, 0.25) is 0 Å². The number of nitrogens with two attached hydrogens (primary N) is 1. The number of ether oxygens (including phenoxy) is 1. The largest absolute Gasteiger partial charge is 0.496 e. The predicted molar refractivity (Wildman–Crippen MR) is 104 cm³/mol. The Hall–Kier alpha value is -2.04. The topological polar surface area (TPSA) is 55.6 Å². The smallest absolute Gasteiger partial charge is 0.227 e. The molecule has 2 aromatic rings. The monoisotopic (exact) mass is 362 g/mol. The van der Waals surface area contributed by atoms with Crippen LogP contribution >= 0.6 is 12.4 Å². The van der Waals surface area contributed by atoms with Crippen molar-refractivity contribution >= 4 is 18.3 Å². The van der Waals surface area contributed by atoms with Crippen LogP contribution < -0.4 is 10.5 Å². The Balaban J connectivity index is 0.00000312. The van der Waals surface area contributed by atoms with Crippen molar-refractivity contribution in [2.24, 2.45) is 11.7 Å². The van der Waals surface area contributed by atoms with E-state index in [9.17, 15) is 4.79 Å². The molecule has 25 heavy (non-hydrogen) atoms. The first-order chi connectivity index (χ1) is 11.5. The minimum atomic E-state index is -0.299. The summed E-state index contributed by atoms with van der Waals surface area (Å²) >= 11 is 0. The molecule has 0 aliphatic heterocycles. The summed E-state index contributed by atoms with van der Waals surface area (Å²) in [6.07, 6.45) is 0.750. The van der Waals surface area contributed by atoms with Gasteiger partial charge in [0, 0.05) is 19.6 Å². The zero-order valence-electron chi connectivity index (χ0n) is 15.0. The highest BCUT2D eigenvalue weighted by Gasteiger charge is 2.24. The number of amides is 1. The third-order valence-electron chi connectivity index (χ3n) is 4.40. The molecule has 4 nitrogen and oxygen atoms in total. The minimum Gasteiger partial charge on any atom is -0.496 e. The number of carbonyl (C=O) groups excluding carboxylic acids is 1. The van der Waals surface area contributed by atoms with Crippen molar-refractivity contribution in [2.75, 3.05) is 20.7 Å². The van der Waals surface area contributed by atoms with Gasteiger partial charge in [-0.15, -0.1) is 12.4 Å². The lowest BCUT2D eigenvalue weighted by Crippen LogP contribution is -2.38. The van der Waals surface area contributed by atoms with E-state index in [-0.39, 0.29) is 30.3 Å². The Morgan fingerprint density at radius 3 is 2.36 bits per heavy atom. The van der Waals surface area contributed by atoms with Crippen LogP contribution in [-0.4, -0.2) is 31.5 Å². The first-order valence-electron chi connectivity index (χ1n) is 8.22. The van der Waals surface area contributed by atoms with E-state index in [1.165, 1.54) is 0 Å². The van der Waals surface area contributed by atoms with Crippen molar-refractivity contribution in [3.63, 3.8) is 0 Å². The molecule has 0 radical (unpaired) electrons. The molecule has 0 aliphatic carbocycles. The molecular formula is C20H27ClN2O2. The fourth-order valence-corrected chi connectivity index (χ4v) is 2.77. The van der Waals surface area contributed by atoms with E-state index in [4.69, 9.17) is 10.5 Å². The number of rotatable bonds is 7. The summed E-state index contributed by atoms with van der Waals surface area (Å²) in [4.78, 5) is 14.4. The summed E-state index contributed by atoms with van der Waals surface area (Å²) in [5.41, 5.74) is 8.34. The number of carbonyl (C=O) groups is 1. The molecule has 0 aromatic heterocycles. The second-order valence-electron chi connectivity index (χ2n) is 6.05. The third-order valence-corrected chi connectivity index (χ3v) is 4.40. The maximum atomic E-state index is 12.6. The summed E-state index contributed by atoms with van der Waals surface area (Å²) in [5, 5.41) is 0. The van der Waals surface area contributed by atoms with Gasteiger partial charge in [-0.1, -0.05) is 55.5 Å². The zero-order chi connectivity index (χ0) is 17.5. The molecule has 1 amide bonds. The van der Waals surface area contributed by atoms with Crippen molar-refractivity contribution in [3.8, 4) is 5.75 Å². The van der Waals surface area contributed by atoms with E-state index >= 15 is 0 Å². The van der Waals surface area contributed by atoms with E-state index in [0.717, 1.165) is 23.3 Å². The molecule has 0 fully saturated rings. The summed E-state index contributed by atoms with van der Waals surface area (Å²) in [7, 11) is 3.49. The number of hydrogen-bond acceptors (Lipinski definition) is 3. The van der Waals surface area contributed by atoms with Crippen LogP contribution in [0.3, 0.4) is 0 Å². The number of hydrogen-bond donors (Lipinski definition) is 1. The van der Waals surface area contributed by atoms with Gasteiger partial charge in [0.2, 0.25) is 5.91 Å². The molecule has 0 spiro atoms. The van der Waals surface area contributed by atoms with Crippen LogP contribution in [0.25, 0.3) is 0 Å². The first-order valence-corrected chi connectivity index (χ1v) is 8.22. The van der Waals surface area contributed by atoms with Gasteiger partial charge in [0.1, 0.15) is 5.75 Å². The summed E-state index contributed by atoms with van der Waals surface area (Å²) in [6, 6.07) is 17.3. The number of methoxy groups -OCH3 is 1. The molecule has 2 rings (SSSR count). The maximum absolute atomic E-state index is 12.6. The quantitative estimate of drug-likeness (QED) is 0.820. The van der Waals surface area contributed by atoms with Crippen LogP contribution in [0, 0.1) is 5.92 Å². The van der Waals surface area contributed by atoms with E-state index in [1.807, 2.05) is 68.6 Å². The lowest BCUT2D eigenvalue weighted by molar-refractivity contribution is -0.134. The van der Waals surface area contributed by atoms with E-state index in [0.29, 0.717) is 6.54 Å². The van der Waals surface area contributed by atoms with Gasteiger partial charge in [-0.3, -0.25) is 4.79 Å². The van der Waals surface area contributed by atoms with Gasteiger partial charge in [-0.25, -0.2) is 0 Å². The van der Waals surface area contributed by atoms with Crippen LogP contribution in [0.4, 0.5) is 0 Å². The molecular weight excluding hydrogens is 336 g/mol. The normalized spacial score (nSPS) is 12.6. The van der Waals surface area contributed by atoms with Gasteiger partial charge in [-0.2, -0.15) is 0 Å². The van der Waals surface area contributed by atoms with Gasteiger partial charge >= 0.3 is 0 Å². The van der Waals surface area contributed by atoms with Gasteiger partial charge in [0.25, 0.3) is 0 Å². The Kier molecular flexibility index (Phi) is 8.46. The highest BCUT2D eigenvalue weighted by molar-refractivity contribution is 5.85. The van der Waals surface area contributed by atoms with Crippen LogP contribution in [-0.2, 0) is 11.2 Å². The van der Waals surface area contributed by atoms with E-state index in [1.54, 1.807) is 12.0 Å². The Bertz CT molecular complexity index is 664. The van der Waals surface area contributed by atoms with Crippen LogP contribution in [0.5, 0.6) is 5.75 Å². The molecule has 0 saturated heterocycles. The third kappa shape index (κ3) is 5.48. The molecule has 2 N–H and O–H groups in total. The first kappa shape index (κ1) is 21.0. The summed E-state index contributed by atoms with van der Waals surface area (Å²) in [5.74, 6) is 0.642. The molecule has 136 valence electrons. The molecule has 2 unspecified atom stereocenters. The number of para-hydroxylation sites is 1. The number of benzene rings is 2. The number of halogens is 1. The van der Waals surface area contributed by atoms with Crippen molar-refractivity contribution in [1.29, 1.82) is 0 Å². The van der Waals surface area contributed by atoms with E-state index in [2.05, 4.69) is 0 Å². The highest BCUT2D eigenvalue weighted by Crippen LogP contribution is 2.22. The molecule has 0 saturated carbocycles. The van der Waals surface area contributed by atoms with Gasteiger partial charge in [0.05, 0.1) is 13.0 Å². The second kappa shape index (κ2) is 10.1. The van der Waals surface area contributed by atoms with Crippen molar-refractivity contribution in [1.82, 2.24) is 4.90 Å². The SMILES string of the molecule is COc1ccccc1CCN(C)C(=O)C(C)C(N)c1ccccc1.Cl. The van der Waals surface area contributed by atoms with E-state index < -0.39 is 0 Å². The minimum absolute atomic E-state index is 0. The highest BCUT2D eigenvalue weighted by atomic mass is 35.5. The molecule has 2 atom stereocenters. The van der Waals surface area contributed by atoms with Crippen molar-refractivity contribution < 1.29 is 9.53 Å². The fourth-order valence-electron chi connectivity index (χ4n) is 2.77. The lowest BCUT2D eigenvalue weighted by Gasteiger charge is -2.25. The zero-order valence-corrected chi connectivity index (χ0v) is 15.8. The molecule has 0 aliphatic rings. The van der Waals surface area contributed by atoms with Crippen molar-refractivity contribution in [3.05, 3.63) is 65.7 Å². The molecule has 0 heterocycles. The van der Waals surface area contributed by atoms with Crippen molar-refractivity contribution in [2.45, 2.75) is 19.4 Å². The standard InChI is InChI=1S/C20H26N2O2.ClH/c1-15(19(21)17-10-5-4-6-11-17)20(23)22(2)14-13-16-9-7-8-12-18(16)24-3;/h4-12,15,19H,13-14,21H2,1-3H3;1H. The average molecular weight is 363 g/mol. The summed E-state index contributed by atoms with van der Waals surface area (Å²) < 4.78 is 5.36. The number of nitrogens with zero attached hydrogens (tertiary/aromatic N) is 1. The fraction of sp³-hybridized carbons (Fsp3) is 0.350. The van der Waals surface area contributed by atoms with Gasteiger partial charge < -0.3 is 15.4 Å². The molecule has 5 heteroatoms. The summed E-state index contributed by atoms with van der Waals surface area (Å²) in [6.45, 7) is 2.52. The Morgan fingerprint density at radius 1 is 1.12 bits per heavy atom. The Labute approximate surface area is 156 Å². The maximum Gasteiger partial charge on any atom is 0.227 e. The predicted octanol–water partition coefficient (Wildman–Crippen LogP) is 3.45. The lowest BCUT2D eigenvalue weighted by atomic mass is 9.94. The average Bonchev–Trinajstić information content (AvgIpc) is 2.65. The van der Waals surface area contributed by atoms with Gasteiger partial charge in [0.15, 0.2) is 0 Å². The molecule has 0 bridgehead atoms.